The number of carbonyl (C=O) groups is 3. The number of ether oxygens (including phenoxy) is 1. The van der Waals surface area contributed by atoms with Gasteiger partial charge in [-0.3, -0.25) is 14.5 Å². The van der Waals surface area contributed by atoms with Crippen LogP contribution in [-0.2, 0) is 22.4 Å². The molecule has 2 heterocycles. The number of fused-ring (bicyclic) bond motifs is 1. The van der Waals surface area contributed by atoms with Crippen LogP contribution >= 0.6 is 0 Å². The van der Waals surface area contributed by atoms with Gasteiger partial charge in [0.1, 0.15) is 5.75 Å². The van der Waals surface area contributed by atoms with Gasteiger partial charge in [0.15, 0.2) is 0 Å². The van der Waals surface area contributed by atoms with Crippen molar-refractivity contribution in [3.05, 3.63) is 29.3 Å². The molecule has 25 heavy (non-hydrogen) atoms. The topological polar surface area (TPSA) is 79.0 Å². The summed E-state index contributed by atoms with van der Waals surface area (Å²) in [4.78, 5) is 38.8. The van der Waals surface area contributed by atoms with Gasteiger partial charge in [-0.1, -0.05) is 12.1 Å². The highest BCUT2D eigenvalue weighted by atomic mass is 16.5. The van der Waals surface area contributed by atoms with Crippen LogP contribution < -0.4 is 10.1 Å². The van der Waals surface area contributed by atoms with Gasteiger partial charge in [-0.15, -0.1) is 0 Å². The third-order valence-electron chi connectivity index (χ3n) is 4.60. The molecule has 4 amide bonds. The molecule has 1 N–H and O–H groups in total. The fourth-order valence-electron chi connectivity index (χ4n) is 3.23. The van der Waals surface area contributed by atoms with Crippen molar-refractivity contribution in [3.8, 4) is 5.75 Å². The van der Waals surface area contributed by atoms with E-state index < -0.39 is 17.8 Å². The van der Waals surface area contributed by atoms with Crippen molar-refractivity contribution in [2.45, 2.75) is 32.7 Å². The Kier molecular flexibility index (Phi) is 4.92. The van der Waals surface area contributed by atoms with Crippen LogP contribution in [0.3, 0.4) is 0 Å². The number of hydrogen-bond donors (Lipinski definition) is 1. The average molecular weight is 345 g/mol. The molecule has 0 spiro atoms. The highest BCUT2D eigenvalue weighted by Gasteiger charge is 2.35. The lowest BCUT2D eigenvalue weighted by Crippen LogP contribution is -2.59. The van der Waals surface area contributed by atoms with Crippen LogP contribution in [0, 0.1) is 0 Å². The van der Waals surface area contributed by atoms with Crippen LogP contribution in [0.4, 0.5) is 4.79 Å². The Morgan fingerprint density at radius 1 is 1.28 bits per heavy atom. The minimum atomic E-state index is -0.757. The summed E-state index contributed by atoms with van der Waals surface area (Å²) in [6.07, 6.45) is 1.55. The Hall–Kier alpha value is -2.57. The van der Waals surface area contributed by atoms with E-state index in [4.69, 9.17) is 4.74 Å². The van der Waals surface area contributed by atoms with Gasteiger partial charge in [0.2, 0.25) is 0 Å². The van der Waals surface area contributed by atoms with Crippen LogP contribution in [0.15, 0.2) is 18.2 Å². The summed E-state index contributed by atoms with van der Waals surface area (Å²) in [6.45, 7) is 5.49. The van der Waals surface area contributed by atoms with E-state index in [1.807, 2.05) is 26.0 Å². The monoisotopic (exact) mass is 345 g/mol. The SMILES string of the molecule is CCN1CCN(C(=O)N[C@@H](C)Cc2ccc3c(c2)CCO3)C(=O)C1=O. The quantitative estimate of drug-likeness (QED) is 0.824. The molecule has 1 atom stereocenters. The Morgan fingerprint density at radius 3 is 2.84 bits per heavy atom. The van der Waals surface area contributed by atoms with Crippen LogP contribution in [0.1, 0.15) is 25.0 Å². The number of imide groups is 1. The molecule has 0 radical (unpaired) electrons. The molecule has 1 aromatic rings. The zero-order chi connectivity index (χ0) is 18.0. The van der Waals surface area contributed by atoms with Crippen molar-refractivity contribution in [1.29, 1.82) is 0 Å². The van der Waals surface area contributed by atoms with Crippen molar-refractivity contribution in [3.63, 3.8) is 0 Å². The molecule has 1 saturated heterocycles. The van der Waals surface area contributed by atoms with Crippen molar-refractivity contribution in [2.24, 2.45) is 0 Å². The maximum absolute atomic E-state index is 12.3. The molecule has 0 bridgehead atoms. The molecular formula is C18H23N3O4. The van der Waals surface area contributed by atoms with Crippen molar-refractivity contribution in [2.75, 3.05) is 26.2 Å². The summed E-state index contributed by atoms with van der Waals surface area (Å²) in [7, 11) is 0. The van der Waals surface area contributed by atoms with Gasteiger partial charge in [0, 0.05) is 32.1 Å². The van der Waals surface area contributed by atoms with Gasteiger partial charge in [0.05, 0.1) is 6.61 Å². The van der Waals surface area contributed by atoms with E-state index >= 15 is 0 Å². The summed E-state index contributed by atoms with van der Waals surface area (Å²) in [5.74, 6) is -0.444. The van der Waals surface area contributed by atoms with Gasteiger partial charge in [-0.05, 0) is 37.5 Å². The molecule has 2 aliphatic rings. The maximum Gasteiger partial charge on any atom is 0.324 e. The van der Waals surface area contributed by atoms with Crippen molar-refractivity contribution >= 4 is 17.8 Å². The first kappa shape index (κ1) is 17.3. The predicted octanol–water partition coefficient (Wildman–Crippen LogP) is 0.953. The van der Waals surface area contributed by atoms with Crippen LogP contribution in [-0.4, -0.2) is 59.9 Å². The average Bonchev–Trinajstić information content (AvgIpc) is 3.04. The Morgan fingerprint density at radius 2 is 2.08 bits per heavy atom. The molecule has 7 nitrogen and oxygen atoms in total. The summed E-state index contributed by atoms with van der Waals surface area (Å²) < 4.78 is 5.49. The smallest absolute Gasteiger partial charge is 0.324 e. The zero-order valence-corrected chi connectivity index (χ0v) is 14.6. The number of likely N-dealkylation sites (N-methyl/N-ethyl adjacent to an activating group) is 1. The van der Waals surface area contributed by atoms with Crippen LogP contribution in [0.25, 0.3) is 0 Å². The largest absolute Gasteiger partial charge is 0.493 e. The molecule has 134 valence electrons. The fraction of sp³-hybridized carbons (Fsp3) is 0.500. The zero-order valence-electron chi connectivity index (χ0n) is 14.6. The second kappa shape index (κ2) is 7.13. The van der Waals surface area contributed by atoms with Crippen molar-refractivity contribution in [1.82, 2.24) is 15.1 Å². The van der Waals surface area contributed by atoms with E-state index in [9.17, 15) is 14.4 Å². The molecule has 1 fully saturated rings. The van der Waals surface area contributed by atoms with Gasteiger partial charge in [-0.2, -0.15) is 0 Å². The predicted molar refractivity (Wildman–Crippen MR) is 91.3 cm³/mol. The number of benzene rings is 1. The second-order valence-electron chi connectivity index (χ2n) is 6.44. The van der Waals surface area contributed by atoms with E-state index in [-0.39, 0.29) is 12.6 Å². The lowest BCUT2D eigenvalue weighted by molar-refractivity contribution is -0.153. The van der Waals surface area contributed by atoms with Gasteiger partial charge in [0.25, 0.3) is 0 Å². The third kappa shape index (κ3) is 3.60. The van der Waals surface area contributed by atoms with Crippen molar-refractivity contribution < 1.29 is 19.1 Å². The van der Waals surface area contributed by atoms with E-state index in [1.165, 1.54) is 10.5 Å². The Balaban J connectivity index is 1.57. The number of carbonyl (C=O) groups excluding carboxylic acids is 3. The minimum absolute atomic E-state index is 0.153. The number of hydrogen-bond acceptors (Lipinski definition) is 4. The summed E-state index contributed by atoms with van der Waals surface area (Å²) in [5, 5.41) is 2.81. The number of amides is 4. The normalized spacial score (nSPS) is 18.0. The molecule has 2 aliphatic heterocycles. The summed E-state index contributed by atoms with van der Waals surface area (Å²) in [5.41, 5.74) is 2.29. The third-order valence-corrected chi connectivity index (χ3v) is 4.60. The van der Waals surface area contributed by atoms with E-state index in [2.05, 4.69) is 11.4 Å². The summed E-state index contributed by atoms with van der Waals surface area (Å²) in [6, 6.07) is 5.38. The fourth-order valence-corrected chi connectivity index (χ4v) is 3.23. The van der Waals surface area contributed by atoms with Gasteiger partial charge < -0.3 is 15.0 Å². The minimum Gasteiger partial charge on any atom is -0.493 e. The first-order valence-corrected chi connectivity index (χ1v) is 8.65. The number of urea groups is 1. The van der Waals surface area contributed by atoms with E-state index in [0.29, 0.717) is 26.1 Å². The molecule has 0 unspecified atom stereocenters. The second-order valence-corrected chi connectivity index (χ2v) is 6.44. The molecule has 7 heteroatoms. The Labute approximate surface area is 146 Å². The first-order chi connectivity index (χ1) is 12.0. The highest BCUT2D eigenvalue weighted by molar-refractivity contribution is 6.38. The molecule has 0 aliphatic carbocycles. The first-order valence-electron chi connectivity index (χ1n) is 8.65. The molecule has 0 saturated carbocycles. The highest BCUT2D eigenvalue weighted by Crippen LogP contribution is 2.26. The lowest BCUT2D eigenvalue weighted by atomic mass is 10.0. The lowest BCUT2D eigenvalue weighted by Gasteiger charge is -2.32. The van der Waals surface area contributed by atoms with Crippen LogP contribution in [0.5, 0.6) is 5.75 Å². The number of rotatable bonds is 4. The number of nitrogens with zero attached hydrogens (tertiary/aromatic N) is 2. The molecule has 3 rings (SSSR count). The standard InChI is InChI=1S/C18H23N3O4/c1-3-20-7-8-21(17(23)16(20)22)18(24)19-12(2)10-13-4-5-15-14(11-13)6-9-25-15/h4-5,11-12H,3,6-10H2,1-2H3,(H,19,24)/t12-/m0/s1. The maximum atomic E-state index is 12.3. The summed E-state index contributed by atoms with van der Waals surface area (Å²) >= 11 is 0. The van der Waals surface area contributed by atoms with E-state index in [1.54, 1.807) is 0 Å². The number of piperazine rings is 1. The molecular weight excluding hydrogens is 322 g/mol. The molecule has 1 aromatic carbocycles. The van der Waals surface area contributed by atoms with Crippen LogP contribution in [0.2, 0.25) is 0 Å². The Bertz CT molecular complexity index is 704. The van der Waals surface area contributed by atoms with E-state index in [0.717, 1.165) is 22.6 Å². The van der Waals surface area contributed by atoms with Gasteiger partial charge in [-0.25, -0.2) is 4.79 Å². The van der Waals surface area contributed by atoms with Gasteiger partial charge >= 0.3 is 17.8 Å². The number of nitrogens with one attached hydrogen (secondary N) is 1. The molecule has 0 aromatic heterocycles.